The van der Waals surface area contributed by atoms with Crippen molar-refractivity contribution in [3.05, 3.63) is 0 Å². The predicted octanol–water partition coefficient (Wildman–Crippen LogP) is 2.57. The van der Waals surface area contributed by atoms with Gasteiger partial charge in [-0.2, -0.15) is 0 Å². The number of hydrogen-bond donors (Lipinski definition) is 1. The number of likely N-dealkylation sites (tertiary alicyclic amines) is 1. The lowest BCUT2D eigenvalue weighted by atomic mass is 9.80. The number of nitrogens with zero attached hydrogens (tertiary/aromatic N) is 1. The standard InChI is InChI=1S/C16H27NO2/c1-11(12-8-9-12)16(19)17-10-4-6-14(17)13-5-2-3-7-15(13)18/h11-15,18H,2-10H2,1H3. The largest absolute Gasteiger partial charge is 0.393 e. The van der Waals surface area contributed by atoms with Gasteiger partial charge in [0.2, 0.25) is 5.91 Å². The Balaban J connectivity index is 1.68. The van der Waals surface area contributed by atoms with Crippen molar-refractivity contribution in [2.24, 2.45) is 17.8 Å². The molecule has 19 heavy (non-hydrogen) atoms. The number of rotatable bonds is 3. The minimum Gasteiger partial charge on any atom is -0.393 e. The summed E-state index contributed by atoms with van der Waals surface area (Å²) in [4.78, 5) is 14.8. The van der Waals surface area contributed by atoms with Gasteiger partial charge in [-0.05, 0) is 44.4 Å². The third-order valence-corrected chi connectivity index (χ3v) is 5.58. The van der Waals surface area contributed by atoms with Crippen molar-refractivity contribution in [2.75, 3.05) is 6.54 Å². The fourth-order valence-corrected chi connectivity index (χ4v) is 4.16. The van der Waals surface area contributed by atoms with E-state index >= 15 is 0 Å². The average molecular weight is 265 g/mol. The normalized spacial score (nSPS) is 37.4. The van der Waals surface area contributed by atoms with E-state index in [1.54, 1.807) is 0 Å². The lowest BCUT2D eigenvalue weighted by Gasteiger charge is -2.38. The Morgan fingerprint density at radius 3 is 2.53 bits per heavy atom. The van der Waals surface area contributed by atoms with E-state index < -0.39 is 0 Å². The first-order chi connectivity index (χ1) is 9.18. The summed E-state index contributed by atoms with van der Waals surface area (Å²) in [7, 11) is 0. The maximum Gasteiger partial charge on any atom is 0.225 e. The molecule has 1 heterocycles. The lowest BCUT2D eigenvalue weighted by Crippen LogP contribution is -2.47. The van der Waals surface area contributed by atoms with Crippen molar-refractivity contribution in [1.82, 2.24) is 4.90 Å². The Morgan fingerprint density at radius 1 is 1.11 bits per heavy atom. The molecular weight excluding hydrogens is 238 g/mol. The number of hydrogen-bond acceptors (Lipinski definition) is 2. The Bertz CT molecular complexity index is 340. The Kier molecular flexibility index (Phi) is 3.84. The first-order valence-electron chi connectivity index (χ1n) is 8.17. The molecule has 3 fully saturated rings. The molecule has 3 aliphatic rings. The lowest BCUT2D eigenvalue weighted by molar-refractivity contribution is -0.138. The van der Waals surface area contributed by atoms with Gasteiger partial charge in [-0.25, -0.2) is 0 Å². The molecule has 3 heteroatoms. The van der Waals surface area contributed by atoms with Gasteiger partial charge in [0.15, 0.2) is 0 Å². The van der Waals surface area contributed by atoms with Crippen LogP contribution in [0.3, 0.4) is 0 Å². The third kappa shape index (κ3) is 2.67. The van der Waals surface area contributed by atoms with Crippen LogP contribution in [-0.2, 0) is 4.79 Å². The molecule has 1 aliphatic heterocycles. The minimum absolute atomic E-state index is 0.177. The van der Waals surface area contributed by atoms with Gasteiger partial charge >= 0.3 is 0 Å². The van der Waals surface area contributed by atoms with Crippen LogP contribution >= 0.6 is 0 Å². The molecule has 4 atom stereocenters. The van der Waals surface area contributed by atoms with Crippen LogP contribution in [-0.4, -0.2) is 34.6 Å². The van der Waals surface area contributed by atoms with Gasteiger partial charge in [0.1, 0.15) is 0 Å². The van der Waals surface area contributed by atoms with Crippen LogP contribution in [0.2, 0.25) is 0 Å². The molecule has 1 N–H and O–H groups in total. The zero-order valence-corrected chi connectivity index (χ0v) is 12.1. The number of aliphatic hydroxyl groups is 1. The van der Waals surface area contributed by atoms with Crippen LogP contribution in [0.4, 0.5) is 0 Å². The maximum atomic E-state index is 12.6. The van der Waals surface area contributed by atoms with Crippen LogP contribution in [0.25, 0.3) is 0 Å². The van der Waals surface area contributed by atoms with Gasteiger partial charge in [-0.3, -0.25) is 4.79 Å². The summed E-state index contributed by atoms with van der Waals surface area (Å²) in [6.45, 7) is 3.02. The summed E-state index contributed by atoms with van der Waals surface area (Å²) in [6, 6.07) is 0.323. The van der Waals surface area contributed by atoms with E-state index in [1.807, 2.05) is 0 Å². The fourth-order valence-electron chi connectivity index (χ4n) is 4.16. The average Bonchev–Trinajstić information content (AvgIpc) is 3.16. The second kappa shape index (κ2) is 5.43. The van der Waals surface area contributed by atoms with E-state index in [1.165, 1.54) is 19.3 Å². The molecule has 0 radical (unpaired) electrons. The highest BCUT2D eigenvalue weighted by Crippen LogP contribution is 2.40. The Hall–Kier alpha value is -0.570. The molecule has 3 nitrogen and oxygen atoms in total. The number of aliphatic hydroxyl groups excluding tert-OH is 1. The highest BCUT2D eigenvalue weighted by Gasteiger charge is 2.42. The van der Waals surface area contributed by atoms with Crippen LogP contribution < -0.4 is 0 Å². The maximum absolute atomic E-state index is 12.6. The van der Waals surface area contributed by atoms with Crippen LogP contribution in [0, 0.1) is 17.8 Å². The molecule has 4 unspecified atom stereocenters. The molecule has 108 valence electrons. The monoisotopic (exact) mass is 265 g/mol. The molecule has 2 saturated carbocycles. The van der Waals surface area contributed by atoms with Crippen LogP contribution in [0.15, 0.2) is 0 Å². The third-order valence-electron chi connectivity index (χ3n) is 5.58. The zero-order chi connectivity index (χ0) is 13.4. The molecular formula is C16H27NO2. The topological polar surface area (TPSA) is 40.5 Å². The molecule has 1 saturated heterocycles. The van der Waals surface area contributed by atoms with Crippen molar-refractivity contribution in [1.29, 1.82) is 0 Å². The van der Waals surface area contributed by atoms with E-state index in [2.05, 4.69) is 11.8 Å². The smallest absolute Gasteiger partial charge is 0.225 e. The molecule has 0 aromatic carbocycles. The number of amides is 1. The van der Waals surface area contributed by atoms with E-state index in [0.29, 0.717) is 23.8 Å². The van der Waals surface area contributed by atoms with Gasteiger partial charge in [0.25, 0.3) is 0 Å². The molecule has 0 aromatic rings. The van der Waals surface area contributed by atoms with Crippen LogP contribution in [0.1, 0.15) is 58.3 Å². The second-order valence-electron chi connectivity index (χ2n) is 6.88. The highest BCUT2D eigenvalue weighted by atomic mass is 16.3. The summed E-state index contributed by atoms with van der Waals surface area (Å²) < 4.78 is 0. The molecule has 0 aromatic heterocycles. The summed E-state index contributed by atoms with van der Waals surface area (Å²) in [5.41, 5.74) is 0. The van der Waals surface area contributed by atoms with Gasteiger partial charge < -0.3 is 10.0 Å². The summed E-state index contributed by atoms with van der Waals surface area (Å²) in [6.07, 6.45) is 8.92. The Morgan fingerprint density at radius 2 is 1.84 bits per heavy atom. The predicted molar refractivity (Wildman–Crippen MR) is 74.6 cm³/mol. The van der Waals surface area contributed by atoms with Gasteiger partial charge in [0.05, 0.1) is 6.10 Å². The molecule has 0 spiro atoms. The summed E-state index contributed by atoms with van der Waals surface area (Å²) in [5.74, 6) is 1.56. The van der Waals surface area contributed by atoms with E-state index in [4.69, 9.17) is 0 Å². The fraction of sp³-hybridized carbons (Fsp3) is 0.938. The van der Waals surface area contributed by atoms with Crippen molar-refractivity contribution >= 4 is 5.91 Å². The van der Waals surface area contributed by atoms with Crippen molar-refractivity contribution in [3.63, 3.8) is 0 Å². The molecule has 3 rings (SSSR count). The van der Waals surface area contributed by atoms with Gasteiger partial charge in [-0.15, -0.1) is 0 Å². The van der Waals surface area contributed by atoms with Crippen LogP contribution in [0.5, 0.6) is 0 Å². The van der Waals surface area contributed by atoms with Crippen molar-refractivity contribution in [3.8, 4) is 0 Å². The zero-order valence-electron chi connectivity index (χ0n) is 12.1. The van der Waals surface area contributed by atoms with E-state index in [-0.39, 0.29) is 12.0 Å². The highest BCUT2D eigenvalue weighted by molar-refractivity contribution is 5.79. The van der Waals surface area contributed by atoms with Gasteiger partial charge in [0, 0.05) is 24.4 Å². The first kappa shape index (κ1) is 13.4. The Labute approximate surface area is 116 Å². The van der Waals surface area contributed by atoms with E-state index in [9.17, 15) is 9.90 Å². The minimum atomic E-state index is -0.177. The van der Waals surface area contributed by atoms with Crippen molar-refractivity contribution in [2.45, 2.75) is 70.4 Å². The van der Waals surface area contributed by atoms with E-state index in [0.717, 1.165) is 38.6 Å². The number of carbonyl (C=O) groups is 1. The molecule has 1 amide bonds. The molecule has 0 bridgehead atoms. The molecule has 2 aliphatic carbocycles. The summed E-state index contributed by atoms with van der Waals surface area (Å²) in [5, 5.41) is 10.3. The van der Waals surface area contributed by atoms with Gasteiger partial charge in [-0.1, -0.05) is 19.8 Å². The van der Waals surface area contributed by atoms with Crippen molar-refractivity contribution < 1.29 is 9.90 Å². The quantitative estimate of drug-likeness (QED) is 0.852. The summed E-state index contributed by atoms with van der Waals surface area (Å²) >= 11 is 0. The SMILES string of the molecule is CC(C(=O)N1CCCC1C1CCCCC1O)C1CC1. The first-order valence-corrected chi connectivity index (χ1v) is 8.17. The number of carbonyl (C=O) groups excluding carboxylic acids is 1. The second-order valence-corrected chi connectivity index (χ2v) is 6.88.